The van der Waals surface area contributed by atoms with Crippen molar-refractivity contribution in [1.82, 2.24) is 4.90 Å². The maximum Gasteiger partial charge on any atom is 0.291 e. The van der Waals surface area contributed by atoms with Crippen molar-refractivity contribution in [2.24, 2.45) is 0 Å². The van der Waals surface area contributed by atoms with Gasteiger partial charge in [0.15, 0.2) is 5.76 Å². The standard InChI is InChI=1S/C21H22FN3O2/c1-14-18-13-15(22)3-8-19(18)27-20(14)21(26)23-16-4-6-17(7-5-16)25-11-9-24(2)10-12-25/h3-8,13H,9-12H2,1-2H3,(H,23,26). The van der Waals surface area contributed by atoms with E-state index in [1.54, 1.807) is 13.0 Å². The molecule has 0 radical (unpaired) electrons. The topological polar surface area (TPSA) is 48.7 Å². The summed E-state index contributed by atoms with van der Waals surface area (Å²) in [4.78, 5) is 17.2. The largest absolute Gasteiger partial charge is 0.451 e. The van der Waals surface area contributed by atoms with Crippen molar-refractivity contribution in [3.05, 3.63) is 59.6 Å². The van der Waals surface area contributed by atoms with Gasteiger partial charge in [0, 0.05) is 48.5 Å². The average molecular weight is 367 g/mol. The third-order valence-corrected chi connectivity index (χ3v) is 5.10. The lowest BCUT2D eigenvalue weighted by atomic mass is 10.1. The summed E-state index contributed by atoms with van der Waals surface area (Å²) >= 11 is 0. The zero-order valence-corrected chi connectivity index (χ0v) is 15.5. The second-order valence-electron chi connectivity index (χ2n) is 6.99. The zero-order chi connectivity index (χ0) is 19.0. The Morgan fingerprint density at radius 2 is 1.78 bits per heavy atom. The summed E-state index contributed by atoms with van der Waals surface area (Å²) in [5.41, 5.74) is 2.99. The van der Waals surface area contributed by atoms with Crippen LogP contribution >= 0.6 is 0 Å². The zero-order valence-electron chi connectivity index (χ0n) is 15.5. The number of amides is 1. The minimum absolute atomic E-state index is 0.207. The van der Waals surface area contributed by atoms with Crippen molar-refractivity contribution in [3.8, 4) is 0 Å². The highest BCUT2D eigenvalue weighted by atomic mass is 19.1. The van der Waals surface area contributed by atoms with E-state index < -0.39 is 0 Å². The van der Waals surface area contributed by atoms with Crippen LogP contribution in [0.4, 0.5) is 15.8 Å². The second-order valence-corrected chi connectivity index (χ2v) is 6.99. The van der Waals surface area contributed by atoms with Crippen molar-refractivity contribution >= 4 is 28.3 Å². The number of aryl methyl sites for hydroxylation is 1. The quantitative estimate of drug-likeness (QED) is 0.763. The lowest BCUT2D eigenvalue weighted by molar-refractivity contribution is 0.0998. The summed E-state index contributed by atoms with van der Waals surface area (Å²) in [6.45, 7) is 5.85. The summed E-state index contributed by atoms with van der Waals surface area (Å²) in [5, 5.41) is 3.47. The number of rotatable bonds is 3. The number of carbonyl (C=O) groups excluding carboxylic acids is 1. The van der Waals surface area contributed by atoms with Gasteiger partial charge < -0.3 is 19.5 Å². The van der Waals surface area contributed by atoms with Gasteiger partial charge in [-0.25, -0.2) is 4.39 Å². The predicted molar refractivity (Wildman–Crippen MR) is 105 cm³/mol. The summed E-state index contributed by atoms with van der Waals surface area (Å²) in [6, 6.07) is 12.1. The minimum atomic E-state index is -0.349. The van der Waals surface area contributed by atoms with Gasteiger partial charge in [-0.15, -0.1) is 0 Å². The summed E-state index contributed by atoms with van der Waals surface area (Å²) < 4.78 is 19.1. The number of likely N-dealkylation sites (N-methyl/N-ethyl adjacent to an activating group) is 1. The van der Waals surface area contributed by atoms with Gasteiger partial charge in [0.1, 0.15) is 11.4 Å². The van der Waals surface area contributed by atoms with Crippen molar-refractivity contribution in [3.63, 3.8) is 0 Å². The van der Waals surface area contributed by atoms with Crippen molar-refractivity contribution in [2.45, 2.75) is 6.92 Å². The Labute approximate surface area is 157 Å². The first kappa shape index (κ1) is 17.5. The third kappa shape index (κ3) is 3.53. The van der Waals surface area contributed by atoms with E-state index in [1.807, 2.05) is 24.3 Å². The molecule has 140 valence electrons. The number of halogens is 1. The van der Waals surface area contributed by atoms with Gasteiger partial charge in [-0.3, -0.25) is 4.79 Å². The number of benzene rings is 2. The molecule has 27 heavy (non-hydrogen) atoms. The van der Waals surface area contributed by atoms with E-state index >= 15 is 0 Å². The minimum Gasteiger partial charge on any atom is -0.451 e. The first-order chi connectivity index (χ1) is 13.0. The van der Waals surface area contributed by atoms with Gasteiger partial charge in [0.25, 0.3) is 5.91 Å². The first-order valence-corrected chi connectivity index (χ1v) is 9.05. The molecule has 1 aliphatic rings. The van der Waals surface area contributed by atoms with Crippen LogP contribution in [0.2, 0.25) is 0 Å². The van der Waals surface area contributed by atoms with E-state index in [0.29, 0.717) is 22.2 Å². The molecule has 0 aliphatic carbocycles. The van der Waals surface area contributed by atoms with Crippen LogP contribution in [0.15, 0.2) is 46.9 Å². The molecule has 1 saturated heterocycles. The summed E-state index contributed by atoms with van der Waals surface area (Å²) in [5.74, 6) is -0.479. The summed E-state index contributed by atoms with van der Waals surface area (Å²) in [6.07, 6.45) is 0. The van der Waals surface area contributed by atoms with E-state index in [1.165, 1.54) is 12.1 Å². The van der Waals surface area contributed by atoms with Crippen LogP contribution in [0.3, 0.4) is 0 Å². The molecule has 0 saturated carbocycles. The van der Waals surface area contributed by atoms with Gasteiger partial charge >= 0.3 is 0 Å². The highest BCUT2D eigenvalue weighted by molar-refractivity contribution is 6.06. The van der Waals surface area contributed by atoms with Crippen molar-refractivity contribution in [2.75, 3.05) is 43.4 Å². The number of fused-ring (bicyclic) bond motifs is 1. The SMILES string of the molecule is Cc1c(C(=O)Nc2ccc(N3CCN(C)CC3)cc2)oc2ccc(F)cc12. The Morgan fingerprint density at radius 1 is 1.07 bits per heavy atom. The number of furan rings is 1. The van der Waals surface area contributed by atoms with Crippen molar-refractivity contribution < 1.29 is 13.6 Å². The monoisotopic (exact) mass is 367 g/mol. The molecule has 1 fully saturated rings. The molecule has 0 atom stereocenters. The van der Waals surface area contributed by atoms with Crippen LogP contribution in [0.1, 0.15) is 16.1 Å². The maximum absolute atomic E-state index is 13.4. The van der Waals surface area contributed by atoms with E-state index in [0.717, 1.165) is 31.9 Å². The van der Waals surface area contributed by atoms with Gasteiger partial charge in [-0.2, -0.15) is 0 Å². The van der Waals surface area contributed by atoms with Crippen molar-refractivity contribution in [1.29, 1.82) is 0 Å². The Balaban J connectivity index is 1.49. The van der Waals surface area contributed by atoms with E-state index in [4.69, 9.17) is 4.42 Å². The molecule has 1 aliphatic heterocycles. The number of anilines is 2. The molecule has 5 nitrogen and oxygen atoms in total. The predicted octanol–water partition coefficient (Wildman–Crippen LogP) is 3.88. The van der Waals surface area contributed by atoms with E-state index in [-0.39, 0.29) is 17.5 Å². The second kappa shape index (κ2) is 7.04. The number of nitrogens with one attached hydrogen (secondary N) is 1. The van der Waals surface area contributed by atoms with Gasteiger partial charge in [0.2, 0.25) is 0 Å². The van der Waals surface area contributed by atoms with Gasteiger partial charge in [-0.05, 0) is 56.4 Å². The van der Waals surface area contributed by atoms with Crippen LogP contribution in [0.5, 0.6) is 0 Å². The molecule has 1 aromatic heterocycles. The van der Waals surface area contributed by atoms with E-state index in [2.05, 4.69) is 22.2 Å². The molecule has 1 amide bonds. The fourth-order valence-electron chi connectivity index (χ4n) is 3.42. The van der Waals surface area contributed by atoms with Gasteiger partial charge in [-0.1, -0.05) is 0 Å². The Morgan fingerprint density at radius 3 is 2.48 bits per heavy atom. The highest BCUT2D eigenvalue weighted by Crippen LogP contribution is 2.27. The molecule has 4 rings (SSSR count). The number of piperazine rings is 1. The molecule has 2 heterocycles. The molecule has 6 heteroatoms. The molecule has 0 bridgehead atoms. The Bertz CT molecular complexity index is 973. The van der Waals surface area contributed by atoms with E-state index in [9.17, 15) is 9.18 Å². The number of nitrogens with zero attached hydrogens (tertiary/aromatic N) is 2. The first-order valence-electron chi connectivity index (χ1n) is 9.05. The third-order valence-electron chi connectivity index (χ3n) is 5.10. The molecule has 1 N–H and O–H groups in total. The lowest BCUT2D eigenvalue weighted by Gasteiger charge is -2.34. The fraction of sp³-hybridized carbons (Fsp3) is 0.286. The normalized spacial score (nSPS) is 15.3. The molecular formula is C21H22FN3O2. The number of hydrogen-bond acceptors (Lipinski definition) is 4. The van der Waals surface area contributed by atoms with Crippen LogP contribution in [-0.2, 0) is 0 Å². The molecular weight excluding hydrogens is 345 g/mol. The maximum atomic E-state index is 13.4. The molecule has 0 unspecified atom stereocenters. The van der Waals surface area contributed by atoms with Crippen LogP contribution in [0, 0.1) is 12.7 Å². The number of carbonyl (C=O) groups is 1. The highest BCUT2D eigenvalue weighted by Gasteiger charge is 2.19. The molecule has 0 spiro atoms. The molecule has 3 aromatic rings. The average Bonchev–Trinajstić information content (AvgIpc) is 2.99. The van der Waals surface area contributed by atoms with Crippen LogP contribution < -0.4 is 10.2 Å². The molecule has 2 aromatic carbocycles. The van der Waals surface area contributed by atoms with Crippen LogP contribution in [-0.4, -0.2) is 44.0 Å². The van der Waals surface area contributed by atoms with Crippen LogP contribution in [0.25, 0.3) is 11.0 Å². The lowest BCUT2D eigenvalue weighted by Crippen LogP contribution is -2.44. The number of hydrogen-bond donors (Lipinski definition) is 1. The Kier molecular flexibility index (Phi) is 4.58. The van der Waals surface area contributed by atoms with Gasteiger partial charge in [0.05, 0.1) is 0 Å². The Hall–Kier alpha value is -2.86. The summed E-state index contributed by atoms with van der Waals surface area (Å²) in [7, 11) is 2.13. The smallest absolute Gasteiger partial charge is 0.291 e. The fourth-order valence-corrected chi connectivity index (χ4v) is 3.42.